The normalized spacial score (nSPS) is 17.7. The molecule has 0 radical (unpaired) electrons. The summed E-state index contributed by atoms with van der Waals surface area (Å²) >= 11 is 0. The predicted octanol–water partition coefficient (Wildman–Crippen LogP) is 0.352. The Labute approximate surface area is 117 Å². The Morgan fingerprint density at radius 1 is 1.05 bits per heavy atom. The molecule has 2 amide bonds. The van der Waals surface area contributed by atoms with Gasteiger partial charge in [-0.25, -0.2) is 8.42 Å². The van der Waals surface area contributed by atoms with Gasteiger partial charge in [0.05, 0.1) is 23.5 Å². The van der Waals surface area contributed by atoms with Crippen LogP contribution in [0.25, 0.3) is 0 Å². The Morgan fingerprint density at radius 3 is 2.10 bits per heavy atom. The number of sulfonamides is 1. The summed E-state index contributed by atoms with van der Waals surface area (Å²) < 4.78 is 63.5. The smallest absolute Gasteiger partial charge is 0.294 e. The van der Waals surface area contributed by atoms with E-state index in [1.807, 2.05) is 5.32 Å². The highest BCUT2D eigenvalue weighted by molar-refractivity contribution is 7.89. The summed E-state index contributed by atoms with van der Waals surface area (Å²) in [5.41, 5.74) is -1.34. The molecule has 0 spiro atoms. The zero-order chi connectivity index (χ0) is 15.8. The van der Waals surface area contributed by atoms with E-state index in [2.05, 4.69) is 0 Å². The predicted molar refractivity (Wildman–Crippen MR) is 63.4 cm³/mol. The van der Waals surface area contributed by atoms with Crippen molar-refractivity contribution < 1.29 is 31.2 Å². The molecule has 21 heavy (non-hydrogen) atoms. The lowest BCUT2D eigenvalue weighted by molar-refractivity contribution is -0.139. The van der Waals surface area contributed by atoms with Crippen LogP contribution in [0, 0.1) is 0 Å². The van der Waals surface area contributed by atoms with Crippen LogP contribution in [0.5, 0.6) is 0 Å². The van der Waals surface area contributed by atoms with Gasteiger partial charge in [-0.15, -0.1) is 0 Å². The van der Waals surface area contributed by atoms with Crippen LogP contribution in [0.2, 0.25) is 0 Å². The molecule has 1 saturated heterocycles. The summed E-state index contributed by atoms with van der Waals surface area (Å²) in [5, 5.41) is 1.87. The van der Waals surface area contributed by atoms with Gasteiger partial charge in [0.25, 0.3) is 0 Å². The number of alkyl halides is 3. The van der Waals surface area contributed by atoms with E-state index in [0.29, 0.717) is 10.4 Å². The van der Waals surface area contributed by atoms with Crippen molar-refractivity contribution in [2.75, 3.05) is 13.1 Å². The number of halogens is 3. The second kappa shape index (κ2) is 5.11. The van der Waals surface area contributed by atoms with Crippen molar-refractivity contribution in [3.8, 4) is 0 Å². The quantitative estimate of drug-likeness (QED) is 0.797. The summed E-state index contributed by atoms with van der Waals surface area (Å²) in [6.45, 7) is -1.42. The third-order valence-corrected chi connectivity index (χ3v) is 4.58. The maximum absolute atomic E-state index is 12.9. The maximum Gasteiger partial charge on any atom is 0.417 e. The standard InChI is InChI=1S/C11H9F3N2O4S/c12-11(13,14)7-3-1-2-4-8(7)21(19,20)16-5-9(17)15-10(18)6-16/h1-4H,5-6H2,(H,15,17,18). The van der Waals surface area contributed by atoms with Gasteiger partial charge in [-0.3, -0.25) is 14.9 Å². The summed E-state index contributed by atoms with van der Waals surface area (Å²) in [4.78, 5) is 21.4. The zero-order valence-corrected chi connectivity index (χ0v) is 11.2. The van der Waals surface area contributed by atoms with Crippen LogP contribution in [0.15, 0.2) is 29.2 Å². The Hall–Kier alpha value is -1.94. The first-order valence-corrected chi connectivity index (χ1v) is 7.05. The number of nitrogens with zero attached hydrogens (tertiary/aromatic N) is 1. The number of amides is 2. The molecule has 1 aliphatic heterocycles. The van der Waals surface area contributed by atoms with Gasteiger partial charge in [-0.2, -0.15) is 17.5 Å². The first-order valence-electron chi connectivity index (χ1n) is 5.61. The van der Waals surface area contributed by atoms with Gasteiger partial charge in [-0.05, 0) is 12.1 Å². The number of rotatable bonds is 2. The van der Waals surface area contributed by atoms with Crippen LogP contribution >= 0.6 is 0 Å². The second-order valence-corrected chi connectivity index (χ2v) is 6.14. The van der Waals surface area contributed by atoms with Crippen LogP contribution in [0.3, 0.4) is 0 Å². The van der Waals surface area contributed by atoms with E-state index in [4.69, 9.17) is 0 Å². The average molecular weight is 322 g/mol. The number of imide groups is 1. The number of piperazine rings is 1. The molecule has 114 valence electrons. The highest BCUT2D eigenvalue weighted by Crippen LogP contribution is 2.35. The Kier molecular flexibility index (Phi) is 3.76. The fraction of sp³-hybridized carbons (Fsp3) is 0.273. The summed E-state index contributed by atoms with van der Waals surface area (Å²) in [7, 11) is -4.61. The number of carbonyl (C=O) groups excluding carboxylic acids is 2. The molecule has 0 saturated carbocycles. The molecule has 1 aromatic carbocycles. The molecule has 0 bridgehead atoms. The van der Waals surface area contributed by atoms with E-state index in [-0.39, 0.29) is 0 Å². The van der Waals surface area contributed by atoms with Gasteiger partial charge in [0.15, 0.2) is 0 Å². The summed E-state index contributed by atoms with van der Waals surface area (Å²) in [6.07, 6.45) is -4.87. The van der Waals surface area contributed by atoms with E-state index in [9.17, 15) is 31.2 Å². The molecule has 1 fully saturated rings. The molecular formula is C11H9F3N2O4S. The largest absolute Gasteiger partial charge is 0.417 e. The minimum Gasteiger partial charge on any atom is -0.294 e. The summed E-state index contributed by atoms with van der Waals surface area (Å²) in [5.74, 6) is -1.78. The van der Waals surface area contributed by atoms with Crippen molar-refractivity contribution in [3.05, 3.63) is 29.8 Å². The molecule has 2 rings (SSSR count). The van der Waals surface area contributed by atoms with Crippen molar-refractivity contribution in [3.63, 3.8) is 0 Å². The van der Waals surface area contributed by atoms with E-state index >= 15 is 0 Å². The first kappa shape index (κ1) is 15.4. The second-order valence-electron chi connectivity index (χ2n) is 4.24. The van der Waals surface area contributed by atoms with Crippen molar-refractivity contribution in [1.29, 1.82) is 0 Å². The van der Waals surface area contributed by atoms with Crippen molar-refractivity contribution >= 4 is 21.8 Å². The van der Waals surface area contributed by atoms with Gasteiger partial charge >= 0.3 is 6.18 Å². The minimum atomic E-state index is -4.87. The van der Waals surface area contributed by atoms with E-state index < -0.39 is 51.6 Å². The molecule has 10 heteroatoms. The number of carbonyl (C=O) groups is 2. The minimum absolute atomic E-state index is 0.415. The molecule has 1 aromatic rings. The van der Waals surface area contributed by atoms with Gasteiger partial charge in [0.2, 0.25) is 21.8 Å². The van der Waals surface area contributed by atoms with Crippen LogP contribution < -0.4 is 5.32 Å². The van der Waals surface area contributed by atoms with E-state index in [0.717, 1.165) is 18.2 Å². The molecule has 0 unspecified atom stereocenters. The lowest BCUT2D eigenvalue weighted by atomic mass is 10.2. The molecule has 0 aliphatic carbocycles. The van der Waals surface area contributed by atoms with E-state index in [1.54, 1.807) is 0 Å². The molecule has 6 nitrogen and oxygen atoms in total. The molecule has 0 atom stereocenters. The highest BCUT2D eigenvalue weighted by atomic mass is 32.2. The molecule has 0 aromatic heterocycles. The summed E-state index contributed by atoms with van der Waals surface area (Å²) in [6, 6.07) is 3.59. The van der Waals surface area contributed by atoms with Crippen molar-refractivity contribution in [2.45, 2.75) is 11.1 Å². The maximum atomic E-state index is 12.9. The first-order chi connectivity index (χ1) is 9.62. The molecular weight excluding hydrogens is 313 g/mol. The van der Waals surface area contributed by atoms with Crippen LogP contribution in [-0.4, -0.2) is 37.6 Å². The number of benzene rings is 1. The van der Waals surface area contributed by atoms with Crippen LogP contribution in [0.1, 0.15) is 5.56 Å². The molecule has 1 N–H and O–H groups in total. The highest BCUT2D eigenvalue weighted by Gasteiger charge is 2.40. The van der Waals surface area contributed by atoms with E-state index in [1.165, 1.54) is 0 Å². The topological polar surface area (TPSA) is 83.6 Å². The van der Waals surface area contributed by atoms with Crippen LogP contribution in [0.4, 0.5) is 13.2 Å². The monoisotopic (exact) mass is 322 g/mol. The number of hydrogen-bond donors (Lipinski definition) is 1. The van der Waals surface area contributed by atoms with Gasteiger partial charge in [0, 0.05) is 0 Å². The number of nitrogens with one attached hydrogen (secondary N) is 1. The lowest BCUT2D eigenvalue weighted by Crippen LogP contribution is -2.53. The number of hydrogen-bond acceptors (Lipinski definition) is 4. The molecule has 1 aliphatic rings. The zero-order valence-electron chi connectivity index (χ0n) is 10.3. The lowest BCUT2D eigenvalue weighted by Gasteiger charge is -2.26. The SMILES string of the molecule is O=C1CN(S(=O)(=O)c2ccccc2C(F)(F)F)CC(=O)N1. The van der Waals surface area contributed by atoms with Gasteiger partial charge < -0.3 is 0 Å². The fourth-order valence-electron chi connectivity index (χ4n) is 1.85. The Balaban J connectivity index is 2.50. The average Bonchev–Trinajstić information content (AvgIpc) is 2.36. The fourth-order valence-corrected chi connectivity index (χ4v) is 3.41. The van der Waals surface area contributed by atoms with Crippen molar-refractivity contribution in [2.24, 2.45) is 0 Å². The van der Waals surface area contributed by atoms with Crippen LogP contribution in [-0.2, 0) is 25.8 Å². The van der Waals surface area contributed by atoms with Crippen molar-refractivity contribution in [1.82, 2.24) is 9.62 Å². The third kappa shape index (κ3) is 3.05. The Bertz CT molecular complexity index is 684. The van der Waals surface area contributed by atoms with Gasteiger partial charge in [0.1, 0.15) is 0 Å². The third-order valence-electron chi connectivity index (χ3n) is 2.73. The van der Waals surface area contributed by atoms with Gasteiger partial charge in [-0.1, -0.05) is 12.1 Å². The molecule has 1 heterocycles. The Morgan fingerprint density at radius 2 is 1.57 bits per heavy atom.